The molecule has 0 amide bonds. The third-order valence-electron chi connectivity index (χ3n) is 2.83. The zero-order chi connectivity index (χ0) is 13.3. The van der Waals surface area contributed by atoms with Crippen LogP contribution in [0.15, 0.2) is 6.20 Å². The Bertz CT molecular complexity index is 560. The maximum atomic E-state index is 12.1. The maximum Gasteiger partial charge on any atom is 0.302 e. The van der Waals surface area contributed by atoms with Crippen LogP contribution in [0.3, 0.4) is 0 Å². The molecule has 0 spiro atoms. The molecule has 7 nitrogen and oxygen atoms in total. The third-order valence-corrected chi connectivity index (χ3v) is 4.55. The van der Waals surface area contributed by atoms with Gasteiger partial charge in [0.05, 0.1) is 11.8 Å². The Morgan fingerprint density at radius 1 is 1.50 bits per heavy atom. The lowest BCUT2D eigenvalue weighted by Gasteiger charge is -2.17. The fourth-order valence-electron chi connectivity index (χ4n) is 1.85. The van der Waals surface area contributed by atoms with Crippen LogP contribution in [0.1, 0.15) is 18.4 Å². The molecule has 2 rings (SSSR count). The van der Waals surface area contributed by atoms with Crippen LogP contribution in [0.2, 0.25) is 0 Å². The first-order valence-corrected chi connectivity index (χ1v) is 7.36. The van der Waals surface area contributed by atoms with E-state index in [9.17, 15) is 8.42 Å². The first kappa shape index (κ1) is 13.2. The van der Waals surface area contributed by atoms with Gasteiger partial charge in [-0.3, -0.25) is 9.40 Å². The van der Waals surface area contributed by atoms with Crippen LogP contribution in [0.25, 0.3) is 0 Å². The number of aromatic nitrogens is 2. The summed E-state index contributed by atoms with van der Waals surface area (Å²) in [4.78, 5) is 0.113. The molecular formula is C9H15N5O2S2. The van der Waals surface area contributed by atoms with E-state index in [-0.39, 0.29) is 4.99 Å². The number of rotatable bonds is 4. The predicted octanol–water partition coefficient (Wildman–Crippen LogP) is -0.193. The summed E-state index contributed by atoms with van der Waals surface area (Å²) in [7, 11) is -1.93. The molecule has 9 heteroatoms. The number of anilines is 1. The molecule has 0 aliphatic carbocycles. The van der Waals surface area contributed by atoms with Crippen LogP contribution in [0.4, 0.5) is 5.82 Å². The second kappa shape index (κ2) is 4.82. The molecule has 0 aromatic carbocycles. The molecular weight excluding hydrogens is 274 g/mol. The number of hydrogen-bond donors (Lipinski definition) is 2. The molecule has 3 N–H and O–H groups in total. The van der Waals surface area contributed by atoms with E-state index in [1.807, 2.05) is 0 Å². The highest BCUT2D eigenvalue weighted by molar-refractivity contribution is 7.90. The van der Waals surface area contributed by atoms with Crippen LogP contribution < -0.4 is 10.5 Å². The van der Waals surface area contributed by atoms with Gasteiger partial charge in [-0.15, -0.1) is 0 Å². The molecule has 1 aromatic heterocycles. The quantitative estimate of drug-likeness (QED) is 0.749. The molecule has 1 aromatic rings. The minimum absolute atomic E-state index is 0.113. The van der Waals surface area contributed by atoms with Crippen LogP contribution >= 0.6 is 12.2 Å². The minimum Gasteiger partial charge on any atom is -0.389 e. The normalized spacial score (nSPS) is 16.9. The maximum absolute atomic E-state index is 12.1. The first-order valence-electron chi connectivity index (χ1n) is 5.51. The van der Waals surface area contributed by atoms with Gasteiger partial charge in [-0.25, -0.2) is 0 Å². The lowest BCUT2D eigenvalue weighted by atomic mass is 10.3. The SMILES string of the molecule is Cn1ncc(C(N)=S)c1NS(=O)(=O)N1CCCC1. The molecule has 2 heterocycles. The van der Waals surface area contributed by atoms with Gasteiger partial charge in [-0.1, -0.05) is 12.2 Å². The zero-order valence-corrected chi connectivity index (χ0v) is 11.6. The highest BCUT2D eigenvalue weighted by Crippen LogP contribution is 2.19. The number of nitrogens with zero attached hydrogens (tertiary/aromatic N) is 3. The van der Waals surface area contributed by atoms with Crippen molar-refractivity contribution in [3.63, 3.8) is 0 Å². The van der Waals surface area contributed by atoms with E-state index in [1.54, 1.807) is 7.05 Å². The Morgan fingerprint density at radius 2 is 2.11 bits per heavy atom. The van der Waals surface area contributed by atoms with E-state index in [0.717, 1.165) is 12.8 Å². The van der Waals surface area contributed by atoms with Gasteiger partial charge in [0.1, 0.15) is 10.8 Å². The lowest BCUT2D eigenvalue weighted by Crippen LogP contribution is -2.34. The van der Waals surface area contributed by atoms with Crippen LogP contribution in [-0.2, 0) is 17.3 Å². The number of nitrogens with two attached hydrogens (primary N) is 1. The van der Waals surface area contributed by atoms with Gasteiger partial charge in [-0.2, -0.15) is 17.8 Å². The molecule has 0 bridgehead atoms. The number of aryl methyl sites for hydroxylation is 1. The van der Waals surface area contributed by atoms with E-state index in [1.165, 1.54) is 15.2 Å². The van der Waals surface area contributed by atoms with Crippen molar-refractivity contribution < 1.29 is 8.42 Å². The molecule has 1 aliphatic heterocycles. The summed E-state index contributed by atoms with van der Waals surface area (Å²) >= 11 is 4.86. The van der Waals surface area contributed by atoms with E-state index in [4.69, 9.17) is 18.0 Å². The van der Waals surface area contributed by atoms with Gasteiger partial charge in [0, 0.05) is 20.1 Å². The van der Waals surface area contributed by atoms with Crippen molar-refractivity contribution in [3.05, 3.63) is 11.8 Å². The topological polar surface area (TPSA) is 93.2 Å². The second-order valence-electron chi connectivity index (χ2n) is 4.11. The zero-order valence-electron chi connectivity index (χ0n) is 9.96. The fourth-order valence-corrected chi connectivity index (χ4v) is 3.36. The summed E-state index contributed by atoms with van der Waals surface area (Å²) in [5.41, 5.74) is 5.96. The van der Waals surface area contributed by atoms with E-state index in [0.29, 0.717) is 24.5 Å². The van der Waals surface area contributed by atoms with Crippen molar-refractivity contribution in [1.29, 1.82) is 0 Å². The van der Waals surface area contributed by atoms with Gasteiger partial charge in [0.15, 0.2) is 0 Å². The molecule has 100 valence electrons. The van der Waals surface area contributed by atoms with E-state index >= 15 is 0 Å². The van der Waals surface area contributed by atoms with Gasteiger partial charge in [0.25, 0.3) is 0 Å². The highest BCUT2D eigenvalue weighted by atomic mass is 32.2. The van der Waals surface area contributed by atoms with Crippen molar-refractivity contribution in [3.8, 4) is 0 Å². The Balaban J connectivity index is 2.28. The molecule has 1 fully saturated rings. The predicted molar refractivity (Wildman–Crippen MR) is 72.4 cm³/mol. The van der Waals surface area contributed by atoms with Gasteiger partial charge < -0.3 is 5.73 Å². The minimum atomic E-state index is -3.55. The number of hydrogen-bond acceptors (Lipinski definition) is 4. The largest absolute Gasteiger partial charge is 0.389 e. The van der Waals surface area contributed by atoms with Crippen molar-refractivity contribution in [2.24, 2.45) is 12.8 Å². The van der Waals surface area contributed by atoms with Crippen molar-refractivity contribution in [1.82, 2.24) is 14.1 Å². The van der Waals surface area contributed by atoms with Gasteiger partial charge in [0.2, 0.25) is 0 Å². The van der Waals surface area contributed by atoms with Crippen LogP contribution in [0.5, 0.6) is 0 Å². The number of nitrogens with one attached hydrogen (secondary N) is 1. The molecule has 1 aliphatic rings. The van der Waals surface area contributed by atoms with E-state index in [2.05, 4.69) is 9.82 Å². The fraction of sp³-hybridized carbons (Fsp3) is 0.556. The molecule has 0 saturated carbocycles. The number of thiocarbonyl (C=S) groups is 1. The molecule has 0 unspecified atom stereocenters. The molecule has 1 saturated heterocycles. The third kappa shape index (κ3) is 2.47. The van der Waals surface area contributed by atoms with Crippen molar-refractivity contribution in [2.75, 3.05) is 17.8 Å². The summed E-state index contributed by atoms with van der Waals surface area (Å²) in [6.45, 7) is 1.07. The molecule has 0 radical (unpaired) electrons. The van der Waals surface area contributed by atoms with Crippen LogP contribution in [0, 0.1) is 0 Å². The summed E-state index contributed by atoms with van der Waals surface area (Å²) in [6.07, 6.45) is 3.22. The Morgan fingerprint density at radius 3 is 2.67 bits per heavy atom. The van der Waals surface area contributed by atoms with E-state index < -0.39 is 10.2 Å². The average molecular weight is 289 g/mol. The Hall–Kier alpha value is -1.19. The summed E-state index contributed by atoms with van der Waals surface area (Å²) < 4.78 is 29.5. The van der Waals surface area contributed by atoms with Crippen molar-refractivity contribution in [2.45, 2.75) is 12.8 Å². The molecule has 18 heavy (non-hydrogen) atoms. The monoisotopic (exact) mass is 289 g/mol. The standard InChI is InChI=1S/C9H15N5O2S2/c1-13-9(7(6-11-13)8(10)17)12-18(15,16)14-4-2-3-5-14/h6,12H,2-5H2,1H3,(H2,10,17). The summed E-state index contributed by atoms with van der Waals surface area (Å²) in [5.74, 6) is 0.300. The Kier molecular flexibility index (Phi) is 3.55. The summed E-state index contributed by atoms with van der Waals surface area (Å²) in [5, 5.41) is 3.95. The average Bonchev–Trinajstić information content (AvgIpc) is 2.89. The van der Waals surface area contributed by atoms with Crippen molar-refractivity contribution >= 4 is 33.2 Å². The highest BCUT2D eigenvalue weighted by Gasteiger charge is 2.27. The van der Waals surface area contributed by atoms with Gasteiger partial charge in [-0.05, 0) is 12.8 Å². The second-order valence-corrected chi connectivity index (χ2v) is 6.22. The summed E-state index contributed by atoms with van der Waals surface area (Å²) in [6, 6.07) is 0. The smallest absolute Gasteiger partial charge is 0.302 e. The van der Waals surface area contributed by atoms with Crippen LogP contribution in [-0.4, -0.2) is 40.6 Å². The lowest BCUT2D eigenvalue weighted by molar-refractivity contribution is 0.482. The Labute approximate surface area is 111 Å². The van der Waals surface area contributed by atoms with Gasteiger partial charge >= 0.3 is 10.2 Å². The molecule has 0 atom stereocenters. The first-order chi connectivity index (χ1) is 8.42.